The Morgan fingerprint density at radius 3 is 2.56 bits per heavy atom. The van der Waals surface area contributed by atoms with Crippen LogP contribution in [-0.2, 0) is 0 Å². The molecule has 0 aliphatic rings. The maximum atomic E-state index is 14.1. The lowest BCUT2D eigenvalue weighted by molar-refractivity contribution is 0.0997. The fourth-order valence-electron chi connectivity index (χ4n) is 2.79. The van der Waals surface area contributed by atoms with Crippen LogP contribution in [0.25, 0.3) is 22.4 Å². The van der Waals surface area contributed by atoms with E-state index in [-0.39, 0.29) is 11.3 Å². The van der Waals surface area contributed by atoms with Crippen LogP contribution in [-0.4, -0.2) is 20.9 Å². The number of fused-ring (bicyclic) bond motifs is 1. The van der Waals surface area contributed by atoms with Crippen LogP contribution in [0.3, 0.4) is 0 Å². The number of primary amides is 1. The van der Waals surface area contributed by atoms with Crippen LogP contribution >= 0.6 is 0 Å². The number of rotatable bonds is 4. The summed E-state index contributed by atoms with van der Waals surface area (Å²) < 4.78 is 14.1. The first-order valence-corrected chi connectivity index (χ1v) is 8.17. The minimum Gasteiger partial charge on any atom is -0.365 e. The number of nitrogens with zero attached hydrogens (tertiary/aromatic N) is 3. The summed E-state index contributed by atoms with van der Waals surface area (Å²) in [5.41, 5.74) is 6.64. The van der Waals surface area contributed by atoms with Gasteiger partial charge in [0.05, 0.1) is 16.8 Å². The number of para-hydroxylation sites is 1. The van der Waals surface area contributed by atoms with Crippen LogP contribution < -0.4 is 11.1 Å². The van der Waals surface area contributed by atoms with Gasteiger partial charge in [-0.05, 0) is 36.4 Å². The fourth-order valence-corrected chi connectivity index (χ4v) is 2.79. The molecule has 2 heterocycles. The summed E-state index contributed by atoms with van der Waals surface area (Å²) in [6.07, 6.45) is 1.65. The molecule has 0 bridgehead atoms. The van der Waals surface area contributed by atoms with Gasteiger partial charge in [-0.1, -0.05) is 24.3 Å². The van der Waals surface area contributed by atoms with Crippen molar-refractivity contribution in [2.24, 2.45) is 5.73 Å². The molecule has 4 rings (SSSR count). The highest BCUT2D eigenvalue weighted by atomic mass is 19.1. The van der Waals surface area contributed by atoms with Crippen LogP contribution in [0.1, 0.15) is 10.4 Å². The number of hydrogen-bond acceptors (Lipinski definition) is 5. The SMILES string of the molecule is NC(=O)c1c(F)cccc1Nc1nc(-c2ccccn2)nc2ccccc12. The molecule has 0 saturated heterocycles. The van der Waals surface area contributed by atoms with Gasteiger partial charge in [0.25, 0.3) is 5.91 Å². The molecule has 2 aromatic carbocycles. The number of aromatic nitrogens is 3. The quantitative estimate of drug-likeness (QED) is 0.580. The minimum absolute atomic E-state index is 0.223. The van der Waals surface area contributed by atoms with Gasteiger partial charge in [0.15, 0.2) is 5.82 Å². The summed E-state index contributed by atoms with van der Waals surface area (Å²) in [7, 11) is 0. The molecule has 2 aromatic heterocycles. The van der Waals surface area contributed by atoms with Crippen molar-refractivity contribution in [1.29, 1.82) is 0 Å². The summed E-state index contributed by atoms with van der Waals surface area (Å²) in [6, 6.07) is 17.1. The van der Waals surface area contributed by atoms with E-state index in [2.05, 4.69) is 20.3 Å². The number of anilines is 2. The monoisotopic (exact) mass is 359 g/mol. The first-order valence-electron chi connectivity index (χ1n) is 8.17. The number of carbonyl (C=O) groups is 1. The van der Waals surface area contributed by atoms with Gasteiger partial charge in [0.2, 0.25) is 0 Å². The van der Waals surface area contributed by atoms with Crippen molar-refractivity contribution < 1.29 is 9.18 Å². The van der Waals surface area contributed by atoms with E-state index in [4.69, 9.17) is 5.73 Å². The predicted molar refractivity (Wildman–Crippen MR) is 101 cm³/mol. The molecule has 132 valence electrons. The Hall–Kier alpha value is -3.87. The number of pyridine rings is 1. The summed E-state index contributed by atoms with van der Waals surface area (Å²) in [4.78, 5) is 25.0. The standard InChI is InChI=1S/C20H14FN5O/c21-13-7-5-10-15(17(13)18(22)27)25-19-12-6-1-2-8-14(12)24-20(26-19)16-9-3-4-11-23-16/h1-11H,(H2,22,27)(H,24,25,26). The topological polar surface area (TPSA) is 93.8 Å². The summed E-state index contributed by atoms with van der Waals surface area (Å²) in [5, 5.41) is 3.75. The van der Waals surface area contributed by atoms with Gasteiger partial charge in [-0.25, -0.2) is 14.4 Å². The van der Waals surface area contributed by atoms with Crippen molar-refractivity contribution in [3.63, 3.8) is 0 Å². The van der Waals surface area contributed by atoms with Gasteiger partial charge >= 0.3 is 0 Å². The molecule has 4 aromatic rings. The van der Waals surface area contributed by atoms with E-state index in [0.717, 1.165) is 5.39 Å². The molecule has 6 nitrogen and oxygen atoms in total. The summed E-state index contributed by atoms with van der Waals surface area (Å²) in [5.74, 6) is -0.724. The van der Waals surface area contributed by atoms with Crippen molar-refractivity contribution in [2.45, 2.75) is 0 Å². The van der Waals surface area contributed by atoms with E-state index in [0.29, 0.717) is 22.9 Å². The molecule has 3 N–H and O–H groups in total. The molecule has 7 heteroatoms. The average molecular weight is 359 g/mol. The van der Waals surface area contributed by atoms with Gasteiger partial charge < -0.3 is 11.1 Å². The molecule has 0 saturated carbocycles. The maximum Gasteiger partial charge on any atom is 0.253 e. The zero-order valence-electron chi connectivity index (χ0n) is 14.1. The first kappa shape index (κ1) is 16.6. The number of halogens is 1. The molecule has 0 aliphatic carbocycles. The summed E-state index contributed by atoms with van der Waals surface area (Å²) >= 11 is 0. The van der Waals surface area contributed by atoms with Crippen LogP contribution in [0.2, 0.25) is 0 Å². The fraction of sp³-hybridized carbons (Fsp3) is 0. The molecule has 0 atom stereocenters. The van der Waals surface area contributed by atoms with Crippen molar-refractivity contribution in [3.8, 4) is 11.5 Å². The van der Waals surface area contributed by atoms with Crippen molar-refractivity contribution in [3.05, 3.63) is 78.2 Å². The number of nitrogens with two attached hydrogens (primary N) is 1. The maximum absolute atomic E-state index is 14.1. The lowest BCUT2D eigenvalue weighted by Gasteiger charge is -2.13. The number of hydrogen-bond donors (Lipinski definition) is 2. The second-order valence-corrected chi connectivity index (χ2v) is 5.78. The van der Waals surface area contributed by atoms with E-state index < -0.39 is 11.7 Å². The van der Waals surface area contributed by atoms with E-state index in [1.807, 2.05) is 30.3 Å². The van der Waals surface area contributed by atoms with Crippen LogP contribution in [0.15, 0.2) is 66.9 Å². The number of nitrogens with one attached hydrogen (secondary N) is 1. The van der Waals surface area contributed by atoms with Gasteiger partial charge in [0, 0.05) is 11.6 Å². The second-order valence-electron chi connectivity index (χ2n) is 5.78. The third-order valence-electron chi connectivity index (χ3n) is 4.01. The van der Waals surface area contributed by atoms with Crippen molar-refractivity contribution in [1.82, 2.24) is 15.0 Å². The number of carbonyl (C=O) groups excluding carboxylic acids is 1. The third-order valence-corrected chi connectivity index (χ3v) is 4.01. The Morgan fingerprint density at radius 2 is 1.78 bits per heavy atom. The molecule has 0 spiro atoms. The molecule has 0 aliphatic heterocycles. The lowest BCUT2D eigenvalue weighted by Crippen LogP contribution is -2.15. The zero-order chi connectivity index (χ0) is 18.8. The highest BCUT2D eigenvalue weighted by Crippen LogP contribution is 2.28. The summed E-state index contributed by atoms with van der Waals surface area (Å²) in [6.45, 7) is 0. The van der Waals surface area contributed by atoms with E-state index in [1.165, 1.54) is 12.1 Å². The minimum atomic E-state index is -0.862. The van der Waals surface area contributed by atoms with Crippen molar-refractivity contribution >= 4 is 28.3 Å². The largest absolute Gasteiger partial charge is 0.365 e. The first-order chi connectivity index (χ1) is 13.1. The Kier molecular flexibility index (Phi) is 4.18. The Morgan fingerprint density at radius 1 is 0.963 bits per heavy atom. The van der Waals surface area contributed by atoms with E-state index in [1.54, 1.807) is 24.4 Å². The molecule has 0 radical (unpaired) electrons. The van der Waals surface area contributed by atoms with Crippen LogP contribution in [0.4, 0.5) is 15.9 Å². The average Bonchev–Trinajstić information content (AvgIpc) is 2.68. The number of benzene rings is 2. The Bertz CT molecular complexity index is 1150. The smallest absolute Gasteiger partial charge is 0.253 e. The van der Waals surface area contributed by atoms with Gasteiger partial charge in [-0.3, -0.25) is 9.78 Å². The van der Waals surface area contributed by atoms with Crippen molar-refractivity contribution in [2.75, 3.05) is 5.32 Å². The third kappa shape index (κ3) is 3.18. The van der Waals surface area contributed by atoms with Crippen LogP contribution in [0.5, 0.6) is 0 Å². The Balaban J connectivity index is 1.89. The second kappa shape index (κ2) is 6.80. The number of amides is 1. The normalized spacial score (nSPS) is 10.7. The van der Waals surface area contributed by atoms with E-state index in [9.17, 15) is 9.18 Å². The molecular weight excluding hydrogens is 345 g/mol. The predicted octanol–water partition coefficient (Wildman–Crippen LogP) is 3.67. The zero-order valence-corrected chi connectivity index (χ0v) is 14.1. The molecule has 27 heavy (non-hydrogen) atoms. The van der Waals surface area contributed by atoms with Crippen LogP contribution in [0, 0.1) is 5.82 Å². The van der Waals surface area contributed by atoms with Gasteiger partial charge in [-0.2, -0.15) is 0 Å². The Labute approximate surface area is 153 Å². The van der Waals surface area contributed by atoms with E-state index >= 15 is 0 Å². The van der Waals surface area contributed by atoms with Gasteiger partial charge in [-0.15, -0.1) is 0 Å². The molecule has 0 unspecified atom stereocenters. The molecule has 1 amide bonds. The van der Waals surface area contributed by atoms with Gasteiger partial charge in [0.1, 0.15) is 17.3 Å². The lowest BCUT2D eigenvalue weighted by atomic mass is 10.1. The molecular formula is C20H14FN5O. The highest BCUT2D eigenvalue weighted by Gasteiger charge is 2.16. The highest BCUT2D eigenvalue weighted by molar-refractivity contribution is 6.01. The molecule has 0 fully saturated rings.